The van der Waals surface area contributed by atoms with Gasteiger partial charge in [-0.2, -0.15) is 0 Å². The van der Waals surface area contributed by atoms with Crippen LogP contribution in [0.3, 0.4) is 0 Å². The van der Waals surface area contributed by atoms with Gasteiger partial charge < -0.3 is 4.74 Å². The predicted molar refractivity (Wildman–Crippen MR) is 94.8 cm³/mol. The van der Waals surface area contributed by atoms with E-state index in [1.54, 1.807) is 43.3 Å². The second-order valence-electron chi connectivity index (χ2n) is 5.22. The summed E-state index contributed by atoms with van der Waals surface area (Å²) in [4.78, 5) is 12.5. The summed E-state index contributed by atoms with van der Waals surface area (Å²) in [6.07, 6.45) is -0.610. The highest BCUT2D eigenvalue weighted by Gasteiger charge is 2.18. The van der Waals surface area contributed by atoms with Crippen molar-refractivity contribution in [3.8, 4) is 5.75 Å². The molecular formula is C19H14Cl2O2. The van der Waals surface area contributed by atoms with Crippen LogP contribution in [0.5, 0.6) is 5.75 Å². The Morgan fingerprint density at radius 2 is 1.57 bits per heavy atom. The van der Waals surface area contributed by atoms with Crippen LogP contribution in [0.15, 0.2) is 60.7 Å². The molecule has 0 aliphatic carbocycles. The Kier molecular flexibility index (Phi) is 4.56. The van der Waals surface area contributed by atoms with E-state index in [4.69, 9.17) is 27.9 Å². The summed E-state index contributed by atoms with van der Waals surface area (Å²) in [5.41, 5.74) is 0.570. The van der Waals surface area contributed by atoms with Crippen LogP contribution >= 0.6 is 23.2 Å². The molecule has 0 saturated heterocycles. The van der Waals surface area contributed by atoms with Gasteiger partial charge in [-0.05, 0) is 43.3 Å². The van der Waals surface area contributed by atoms with Crippen molar-refractivity contribution in [1.29, 1.82) is 0 Å². The van der Waals surface area contributed by atoms with Gasteiger partial charge in [-0.15, -0.1) is 0 Å². The number of Topliss-reactive ketones (excluding diaryl/α,β-unsaturated/α-hetero) is 1. The summed E-state index contributed by atoms with van der Waals surface area (Å²) >= 11 is 12.1. The first-order chi connectivity index (χ1) is 11.1. The number of benzene rings is 3. The van der Waals surface area contributed by atoms with Gasteiger partial charge in [-0.25, -0.2) is 0 Å². The van der Waals surface area contributed by atoms with Crippen molar-refractivity contribution in [2.45, 2.75) is 13.0 Å². The molecule has 0 bridgehead atoms. The minimum Gasteiger partial charge on any atom is -0.482 e. The Morgan fingerprint density at radius 1 is 0.913 bits per heavy atom. The molecular weight excluding hydrogens is 331 g/mol. The molecule has 116 valence electrons. The summed E-state index contributed by atoms with van der Waals surface area (Å²) in [6.45, 7) is 1.74. The number of hydrogen-bond acceptors (Lipinski definition) is 2. The lowest BCUT2D eigenvalue weighted by molar-refractivity contribution is 0.0820. The van der Waals surface area contributed by atoms with Crippen molar-refractivity contribution < 1.29 is 9.53 Å². The zero-order valence-corrected chi connectivity index (χ0v) is 13.9. The van der Waals surface area contributed by atoms with E-state index in [-0.39, 0.29) is 5.78 Å². The maximum Gasteiger partial charge on any atom is 0.202 e. The summed E-state index contributed by atoms with van der Waals surface area (Å²) in [6, 6.07) is 18.0. The van der Waals surface area contributed by atoms with Gasteiger partial charge >= 0.3 is 0 Å². The molecule has 0 amide bonds. The summed E-state index contributed by atoms with van der Waals surface area (Å²) < 4.78 is 5.89. The maximum absolute atomic E-state index is 12.5. The molecule has 0 fully saturated rings. The number of fused-ring (bicyclic) bond motifs is 1. The number of halogens is 2. The first kappa shape index (κ1) is 15.9. The van der Waals surface area contributed by atoms with Crippen molar-refractivity contribution in [2.75, 3.05) is 0 Å². The predicted octanol–water partition coefficient (Wildman–Crippen LogP) is 5.80. The first-order valence-corrected chi connectivity index (χ1v) is 7.95. The standard InChI is InChI=1S/C19H14Cl2O2/c1-12(19(22)13-6-8-14(20)9-7-13)23-18-11-10-17(21)15-4-2-3-5-16(15)18/h2-12H,1H3/t12-/m1/s1. The number of carbonyl (C=O) groups is 1. The Bertz CT molecular complexity index is 857. The van der Waals surface area contributed by atoms with E-state index in [9.17, 15) is 4.79 Å². The quantitative estimate of drug-likeness (QED) is 0.559. The zero-order chi connectivity index (χ0) is 16.4. The molecule has 3 rings (SSSR count). The molecule has 0 aliphatic heterocycles. The lowest BCUT2D eigenvalue weighted by Gasteiger charge is -2.16. The molecule has 0 unspecified atom stereocenters. The number of ether oxygens (including phenoxy) is 1. The van der Waals surface area contributed by atoms with Crippen molar-refractivity contribution >= 4 is 39.8 Å². The minimum absolute atomic E-state index is 0.0966. The number of carbonyl (C=O) groups excluding carboxylic acids is 1. The van der Waals surface area contributed by atoms with Crippen LogP contribution in [0, 0.1) is 0 Å². The Balaban J connectivity index is 1.88. The maximum atomic E-state index is 12.5. The largest absolute Gasteiger partial charge is 0.482 e. The highest BCUT2D eigenvalue weighted by Crippen LogP contribution is 2.32. The summed E-state index contributed by atoms with van der Waals surface area (Å²) in [5.74, 6) is 0.542. The average molecular weight is 345 g/mol. The molecule has 2 nitrogen and oxygen atoms in total. The van der Waals surface area contributed by atoms with E-state index < -0.39 is 6.10 Å². The van der Waals surface area contributed by atoms with Crippen LogP contribution < -0.4 is 4.74 Å². The van der Waals surface area contributed by atoms with Crippen molar-refractivity contribution in [3.63, 3.8) is 0 Å². The van der Waals surface area contributed by atoms with Crippen LogP contribution in [0.4, 0.5) is 0 Å². The van der Waals surface area contributed by atoms with Gasteiger partial charge in [0.2, 0.25) is 5.78 Å². The molecule has 0 spiro atoms. The molecule has 0 saturated carbocycles. The first-order valence-electron chi connectivity index (χ1n) is 7.20. The molecule has 0 radical (unpaired) electrons. The zero-order valence-electron chi connectivity index (χ0n) is 12.4. The SMILES string of the molecule is C[C@@H](Oc1ccc(Cl)c2ccccc12)C(=O)c1ccc(Cl)cc1. The molecule has 0 heterocycles. The fourth-order valence-electron chi connectivity index (χ4n) is 2.43. The van der Waals surface area contributed by atoms with Gasteiger partial charge in [0.25, 0.3) is 0 Å². The van der Waals surface area contributed by atoms with Gasteiger partial charge in [-0.1, -0.05) is 47.5 Å². The molecule has 1 atom stereocenters. The molecule has 3 aromatic carbocycles. The number of hydrogen-bond donors (Lipinski definition) is 0. The van der Waals surface area contributed by atoms with E-state index in [2.05, 4.69) is 0 Å². The van der Waals surface area contributed by atoms with E-state index in [1.165, 1.54) is 0 Å². The molecule has 0 N–H and O–H groups in total. The van der Waals surface area contributed by atoms with Crippen molar-refractivity contribution in [3.05, 3.63) is 76.3 Å². The highest BCUT2D eigenvalue weighted by molar-refractivity contribution is 6.35. The lowest BCUT2D eigenvalue weighted by atomic mass is 10.1. The van der Waals surface area contributed by atoms with E-state index >= 15 is 0 Å². The minimum atomic E-state index is -0.610. The number of ketones is 1. The molecule has 3 aromatic rings. The second kappa shape index (κ2) is 6.61. The molecule has 0 aromatic heterocycles. The summed E-state index contributed by atoms with van der Waals surface area (Å²) in [5, 5.41) is 3.04. The van der Waals surface area contributed by atoms with Gasteiger partial charge in [0.15, 0.2) is 6.10 Å². The van der Waals surface area contributed by atoms with Gasteiger partial charge in [0.05, 0.1) is 0 Å². The van der Waals surface area contributed by atoms with E-state index in [0.717, 1.165) is 10.8 Å². The highest BCUT2D eigenvalue weighted by atomic mass is 35.5. The molecule has 0 aliphatic rings. The van der Waals surface area contributed by atoms with Crippen LogP contribution in [0.2, 0.25) is 10.0 Å². The van der Waals surface area contributed by atoms with Gasteiger partial charge in [0, 0.05) is 26.4 Å². The topological polar surface area (TPSA) is 26.3 Å². The van der Waals surface area contributed by atoms with Crippen LogP contribution in [0.25, 0.3) is 10.8 Å². The van der Waals surface area contributed by atoms with Crippen molar-refractivity contribution in [2.24, 2.45) is 0 Å². The monoisotopic (exact) mass is 344 g/mol. The molecule has 23 heavy (non-hydrogen) atoms. The normalized spacial score (nSPS) is 12.1. The Labute approximate surface area is 144 Å². The Morgan fingerprint density at radius 3 is 2.26 bits per heavy atom. The van der Waals surface area contributed by atoms with E-state index in [0.29, 0.717) is 21.4 Å². The average Bonchev–Trinajstić information content (AvgIpc) is 2.57. The van der Waals surface area contributed by atoms with Crippen LogP contribution in [0.1, 0.15) is 17.3 Å². The third kappa shape index (κ3) is 3.34. The number of rotatable bonds is 4. The van der Waals surface area contributed by atoms with Crippen molar-refractivity contribution in [1.82, 2.24) is 0 Å². The van der Waals surface area contributed by atoms with Gasteiger partial charge in [0.1, 0.15) is 5.75 Å². The van der Waals surface area contributed by atoms with Crippen LogP contribution in [-0.2, 0) is 0 Å². The fraction of sp³-hybridized carbons (Fsp3) is 0.105. The smallest absolute Gasteiger partial charge is 0.202 e. The Hall–Kier alpha value is -2.03. The summed E-state index contributed by atoms with van der Waals surface area (Å²) in [7, 11) is 0. The van der Waals surface area contributed by atoms with E-state index in [1.807, 2.05) is 24.3 Å². The fourth-order valence-corrected chi connectivity index (χ4v) is 2.78. The van der Waals surface area contributed by atoms with Gasteiger partial charge in [-0.3, -0.25) is 4.79 Å². The van der Waals surface area contributed by atoms with Crippen LogP contribution in [-0.4, -0.2) is 11.9 Å². The third-order valence-corrected chi connectivity index (χ3v) is 4.21. The third-order valence-electron chi connectivity index (χ3n) is 3.63. The lowest BCUT2D eigenvalue weighted by Crippen LogP contribution is -2.23. The molecule has 4 heteroatoms. The second-order valence-corrected chi connectivity index (χ2v) is 6.07.